The molecule has 0 aliphatic carbocycles. The van der Waals surface area contributed by atoms with Crippen molar-refractivity contribution in [2.75, 3.05) is 13.1 Å². The Kier molecular flexibility index (Phi) is 4.69. The molecule has 0 bridgehead atoms. The average molecular weight is 160 g/mol. The Labute approximate surface area is 70.8 Å². The highest BCUT2D eigenvalue weighted by Crippen LogP contribution is 1.86. The normalized spacial score (nSPS) is 12.5. The van der Waals surface area contributed by atoms with Gasteiger partial charge in [-0.3, -0.25) is 0 Å². The van der Waals surface area contributed by atoms with E-state index in [4.69, 9.17) is 0 Å². The van der Waals surface area contributed by atoms with Gasteiger partial charge in [-0.25, -0.2) is 0 Å². The molecule has 0 aliphatic heterocycles. The number of rotatable bonds is 4. The molecular formula is C9H24N2+2. The number of hydrogen-bond acceptors (Lipinski definition) is 0. The van der Waals surface area contributed by atoms with Gasteiger partial charge in [0.05, 0.1) is 11.6 Å². The van der Waals surface area contributed by atoms with Gasteiger partial charge in [0.2, 0.25) is 0 Å². The van der Waals surface area contributed by atoms with Crippen LogP contribution in [0, 0.1) is 0 Å². The van der Waals surface area contributed by atoms with Crippen LogP contribution in [0.3, 0.4) is 0 Å². The van der Waals surface area contributed by atoms with E-state index in [9.17, 15) is 0 Å². The lowest BCUT2D eigenvalue weighted by Crippen LogP contribution is -3.01. The lowest BCUT2D eigenvalue weighted by atomic mass is 10.1. The molecule has 0 radical (unpaired) electrons. The molecule has 0 saturated carbocycles. The summed E-state index contributed by atoms with van der Waals surface area (Å²) in [5, 5.41) is 4.77. The molecule has 0 aromatic heterocycles. The van der Waals surface area contributed by atoms with Crippen LogP contribution in [0.5, 0.6) is 0 Å². The molecule has 4 N–H and O–H groups in total. The molecule has 0 aromatic carbocycles. The molecule has 0 amide bonds. The molecule has 0 heterocycles. The summed E-state index contributed by atoms with van der Waals surface area (Å²) in [6, 6.07) is 0.739. The highest BCUT2D eigenvalue weighted by molar-refractivity contribution is 4.51. The molecular weight excluding hydrogens is 136 g/mol. The van der Waals surface area contributed by atoms with Crippen LogP contribution < -0.4 is 10.6 Å². The van der Waals surface area contributed by atoms with Crippen LogP contribution >= 0.6 is 0 Å². The van der Waals surface area contributed by atoms with Crippen molar-refractivity contribution in [3.63, 3.8) is 0 Å². The summed E-state index contributed by atoms with van der Waals surface area (Å²) in [7, 11) is 0. The summed E-state index contributed by atoms with van der Waals surface area (Å²) in [4.78, 5) is 0. The molecule has 0 unspecified atom stereocenters. The zero-order valence-electron chi connectivity index (χ0n) is 8.65. The Morgan fingerprint density at radius 2 is 1.64 bits per heavy atom. The minimum atomic E-state index is 0.394. The van der Waals surface area contributed by atoms with Crippen LogP contribution in [-0.2, 0) is 0 Å². The lowest BCUT2D eigenvalue weighted by molar-refractivity contribution is -0.766. The maximum atomic E-state index is 2.39. The first-order valence-corrected chi connectivity index (χ1v) is 4.59. The Hall–Kier alpha value is -0.0800. The van der Waals surface area contributed by atoms with Crippen LogP contribution in [-0.4, -0.2) is 24.7 Å². The second-order valence-electron chi connectivity index (χ2n) is 4.63. The standard InChI is InChI=1S/C9H22N2/c1-8(2)10-6-7-11-9(3,4)5/h8,10-11H,6-7H2,1-5H3/p+2. The zero-order valence-corrected chi connectivity index (χ0v) is 8.65. The van der Waals surface area contributed by atoms with Crippen molar-refractivity contribution in [3.05, 3.63) is 0 Å². The third-order valence-electron chi connectivity index (χ3n) is 1.56. The van der Waals surface area contributed by atoms with Gasteiger partial charge in [-0.1, -0.05) is 0 Å². The van der Waals surface area contributed by atoms with Crippen LogP contribution in [0.4, 0.5) is 0 Å². The molecule has 0 atom stereocenters. The van der Waals surface area contributed by atoms with Crippen LogP contribution in [0.15, 0.2) is 0 Å². The number of nitrogens with two attached hydrogens (primary N) is 2. The van der Waals surface area contributed by atoms with E-state index in [-0.39, 0.29) is 0 Å². The van der Waals surface area contributed by atoms with Gasteiger partial charge in [-0.15, -0.1) is 0 Å². The van der Waals surface area contributed by atoms with Crippen LogP contribution in [0.1, 0.15) is 34.6 Å². The molecule has 2 heteroatoms. The van der Waals surface area contributed by atoms with E-state index >= 15 is 0 Å². The Morgan fingerprint density at radius 3 is 2.00 bits per heavy atom. The van der Waals surface area contributed by atoms with Crippen LogP contribution in [0.2, 0.25) is 0 Å². The van der Waals surface area contributed by atoms with E-state index in [1.807, 2.05) is 0 Å². The molecule has 2 nitrogen and oxygen atoms in total. The Balaban J connectivity index is 3.15. The molecule has 0 spiro atoms. The molecule has 0 fully saturated rings. The fraction of sp³-hybridized carbons (Fsp3) is 1.00. The van der Waals surface area contributed by atoms with E-state index in [1.54, 1.807) is 0 Å². The molecule has 0 rings (SSSR count). The predicted octanol–water partition coefficient (Wildman–Crippen LogP) is -0.680. The SMILES string of the molecule is CC(C)[NH2+]CC[NH2+]C(C)(C)C. The highest BCUT2D eigenvalue weighted by atomic mass is 15.0. The number of hydrogen-bond donors (Lipinski definition) is 2. The summed E-state index contributed by atoms with van der Waals surface area (Å²) in [5.41, 5.74) is 0.394. The van der Waals surface area contributed by atoms with E-state index in [0.29, 0.717) is 5.54 Å². The predicted molar refractivity (Wildman–Crippen MR) is 48.5 cm³/mol. The summed E-state index contributed by atoms with van der Waals surface area (Å²) >= 11 is 0. The van der Waals surface area contributed by atoms with E-state index in [2.05, 4.69) is 45.3 Å². The van der Waals surface area contributed by atoms with Gasteiger partial charge in [-0.05, 0) is 34.6 Å². The van der Waals surface area contributed by atoms with Crippen molar-refractivity contribution in [1.82, 2.24) is 0 Å². The second kappa shape index (κ2) is 4.73. The molecule has 11 heavy (non-hydrogen) atoms. The third kappa shape index (κ3) is 9.92. The highest BCUT2D eigenvalue weighted by Gasteiger charge is 2.12. The van der Waals surface area contributed by atoms with Gasteiger partial charge >= 0.3 is 0 Å². The van der Waals surface area contributed by atoms with Crippen molar-refractivity contribution in [1.29, 1.82) is 0 Å². The summed E-state index contributed by atoms with van der Waals surface area (Å²) in [6.07, 6.45) is 0. The quantitative estimate of drug-likeness (QED) is 0.511. The van der Waals surface area contributed by atoms with Crippen molar-refractivity contribution in [2.45, 2.75) is 46.2 Å². The van der Waals surface area contributed by atoms with Gasteiger partial charge in [0, 0.05) is 0 Å². The van der Waals surface area contributed by atoms with Gasteiger partial charge in [-0.2, -0.15) is 0 Å². The zero-order chi connectivity index (χ0) is 8.91. The monoisotopic (exact) mass is 160 g/mol. The van der Waals surface area contributed by atoms with Gasteiger partial charge in [0.15, 0.2) is 0 Å². The first kappa shape index (κ1) is 10.9. The first-order chi connectivity index (χ1) is 4.92. The maximum absolute atomic E-state index is 2.39. The minimum Gasteiger partial charge on any atom is -0.340 e. The Morgan fingerprint density at radius 1 is 1.09 bits per heavy atom. The van der Waals surface area contributed by atoms with Crippen molar-refractivity contribution in [2.24, 2.45) is 0 Å². The fourth-order valence-corrected chi connectivity index (χ4v) is 0.946. The van der Waals surface area contributed by atoms with Gasteiger partial charge < -0.3 is 10.6 Å². The summed E-state index contributed by atoms with van der Waals surface area (Å²) < 4.78 is 0. The van der Waals surface area contributed by atoms with Crippen molar-refractivity contribution < 1.29 is 10.6 Å². The van der Waals surface area contributed by atoms with Gasteiger partial charge in [0.1, 0.15) is 13.1 Å². The first-order valence-electron chi connectivity index (χ1n) is 4.59. The maximum Gasteiger partial charge on any atom is 0.126 e. The molecule has 0 aliphatic rings. The summed E-state index contributed by atoms with van der Waals surface area (Å²) in [6.45, 7) is 13.7. The van der Waals surface area contributed by atoms with Crippen molar-refractivity contribution >= 4 is 0 Å². The lowest BCUT2D eigenvalue weighted by Gasteiger charge is -2.16. The summed E-state index contributed by atoms with van der Waals surface area (Å²) in [5.74, 6) is 0. The molecule has 68 valence electrons. The van der Waals surface area contributed by atoms with E-state index in [0.717, 1.165) is 6.04 Å². The van der Waals surface area contributed by atoms with E-state index in [1.165, 1.54) is 13.1 Å². The second-order valence-corrected chi connectivity index (χ2v) is 4.63. The smallest absolute Gasteiger partial charge is 0.126 e. The Bertz CT molecular complexity index is 92.2. The van der Waals surface area contributed by atoms with Crippen LogP contribution in [0.25, 0.3) is 0 Å². The molecule has 0 aromatic rings. The third-order valence-corrected chi connectivity index (χ3v) is 1.56. The van der Waals surface area contributed by atoms with Crippen molar-refractivity contribution in [3.8, 4) is 0 Å². The largest absolute Gasteiger partial charge is 0.340 e. The minimum absolute atomic E-state index is 0.394. The average Bonchev–Trinajstić information content (AvgIpc) is 1.78. The number of quaternary nitrogens is 2. The fourth-order valence-electron chi connectivity index (χ4n) is 0.946. The molecule has 0 saturated heterocycles. The topological polar surface area (TPSA) is 33.2 Å². The van der Waals surface area contributed by atoms with Gasteiger partial charge in [0.25, 0.3) is 0 Å². The van der Waals surface area contributed by atoms with E-state index < -0.39 is 0 Å².